The van der Waals surface area contributed by atoms with Crippen molar-refractivity contribution in [3.8, 4) is 0 Å². The number of aliphatic imine (C=N–C) groups is 1. The summed E-state index contributed by atoms with van der Waals surface area (Å²) in [6.07, 6.45) is 8.69. The molecule has 2 heteroatoms. The fourth-order valence-electron chi connectivity index (χ4n) is 3.04. The van der Waals surface area contributed by atoms with Crippen LogP contribution in [-0.2, 0) is 0 Å². The molecular weight excluding hydrogens is 220 g/mol. The molecule has 2 heterocycles. The maximum absolute atomic E-state index is 4.24. The van der Waals surface area contributed by atoms with Gasteiger partial charge in [-0.25, -0.2) is 0 Å². The molecule has 3 rings (SSSR count). The van der Waals surface area contributed by atoms with E-state index in [1.807, 2.05) is 6.20 Å². The van der Waals surface area contributed by atoms with Gasteiger partial charge in [0.2, 0.25) is 0 Å². The number of nitrogens with zero attached hydrogens (tertiary/aromatic N) is 2. The maximum Gasteiger partial charge on any atom is 0.0737 e. The van der Waals surface area contributed by atoms with Gasteiger partial charge >= 0.3 is 0 Å². The van der Waals surface area contributed by atoms with E-state index in [2.05, 4.69) is 59.4 Å². The zero-order valence-electron chi connectivity index (χ0n) is 10.9. The van der Waals surface area contributed by atoms with Crippen molar-refractivity contribution in [3.05, 3.63) is 48.2 Å². The second-order valence-electron chi connectivity index (χ2n) is 5.49. The summed E-state index contributed by atoms with van der Waals surface area (Å²) < 4.78 is 0. The molecule has 1 saturated heterocycles. The van der Waals surface area contributed by atoms with Crippen LogP contribution in [0.4, 0.5) is 0 Å². The van der Waals surface area contributed by atoms with Gasteiger partial charge in [0.25, 0.3) is 0 Å². The smallest absolute Gasteiger partial charge is 0.0737 e. The summed E-state index contributed by atoms with van der Waals surface area (Å²) in [6, 6.07) is 10.9. The average molecular weight is 240 g/mol. The quantitative estimate of drug-likeness (QED) is 0.775. The van der Waals surface area contributed by atoms with Crippen LogP contribution < -0.4 is 0 Å². The van der Waals surface area contributed by atoms with E-state index in [0.717, 1.165) is 19.0 Å². The molecule has 2 aliphatic rings. The predicted octanol–water partition coefficient (Wildman–Crippen LogP) is 3.22. The van der Waals surface area contributed by atoms with Crippen molar-refractivity contribution >= 4 is 6.21 Å². The van der Waals surface area contributed by atoms with Gasteiger partial charge in [-0.1, -0.05) is 30.3 Å². The zero-order chi connectivity index (χ0) is 12.4. The third kappa shape index (κ3) is 2.13. The summed E-state index contributed by atoms with van der Waals surface area (Å²) in [5.41, 5.74) is 1.56. The largest absolute Gasteiger partial charge is 0.290 e. The van der Waals surface area contributed by atoms with Crippen LogP contribution in [0.5, 0.6) is 0 Å². The Kier molecular flexibility index (Phi) is 3.04. The van der Waals surface area contributed by atoms with Crippen molar-refractivity contribution in [1.82, 2.24) is 4.90 Å². The van der Waals surface area contributed by atoms with Gasteiger partial charge in [-0.2, -0.15) is 0 Å². The van der Waals surface area contributed by atoms with Crippen molar-refractivity contribution in [3.63, 3.8) is 0 Å². The SMILES string of the molecule is CC1(N2CCC(c3ccccc3)CC2)C=CN=C1. The van der Waals surface area contributed by atoms with Gasteiger partial charge in [-0.05, 0) is 50.4 Å². The van der Waals surface area contributed by atoms with Gasteiger partial charge in [0, 0.05) is 12.4 Å². The zero-order valence-corrected chi connectivity index (χ0v) is 10.9. The lowest BCUT2D eigenvalue weighted by Gasteiger charge is -2.40. The molecule has 2 nitrogen and oxygen atoms in total. The molecule has 2 aliphatic heterocycles. The van der Waals surface area contributed by atoms with Crippen molar-refractivity contribution in [1.29, 1.82) is 0 Å². The first-order valence-corrected chi connectivity index (χ1v) is 6.80. The van der Waals surface area contributed by atoms with Crippen molar-refractivity contribution in [2.75, 3.05) is 13.1 Å². The van der Waals surface area contributed by atoms with E-state index in [1.54, 1.807) is 0 Å². The molecule has 0 aliphatic carbocycles. The Hall–Kier alpha value is -1.41. The number of rotatable bonds is 2. The molecule has 0 aromatic heterocycles. The molecule has 0 bridgehead atoms. The Labute approximate surface area is 109 Å². The van der Waals surface area contributed by atoms with Crippen molar-refractivity contribution in [2.45, 2.75) is 31.2 Å². The summed E-state index contributed by atoms with van der Waals surface area (Å²) in [7, 11) is 0. The predicted molar refractivity (Wildman–Crippen MR) is 76.0 cm³/mol. The molecule has 1 fully saturated rings. The van der Waals surface area contributed by atoms with E-state index >= 15 is 0 Å². The monoisotopic (exact) mass is 240 g/mol. The molecule has 0 radical (unpaired) electrons. The second-order valence-corrected chi connectivity index (χ2v) is 5.49. The number of likely N-dealkylation sites (tertiary alicyclic amines) is 1. The Balaban J connectivity index is 1.65. The number of hydrogen-bond donors (Lipinski definition) is 0. The average Bonchev–Trinajstić information content (AvgIpc) is 2.88. The van der Waals surface area contributed by atoms with E-state index in [-0.39, 0.29) is 5.54 Å². The standard InChI is InChI=1S/C16H20N2/c1-16(9-10-17-13-16)18-11-7-15(8-12-18)14-5-3-2-4-6-14/h2-6,9-10,13,15H,7-8,11-12H2,1H3. The molecular formula is C16H20N2. The molecule has 0 saturated carbocycles. The first-order chi connectivity index (χ1) is 8.78. The van der Waals surface area contributed by atoms with Crippen LogP contribution in [0, 0.1) is 0 Å². The molecule has 1 unspecified atom stereocenters. The van der Waals surface area contributed by atoms with Crippen LogP contribution in [0.1, 0.15) is 31.2 Å². The topological polar surface area (TPSA) is 15.6 Å². The summed E-state index contributed by atoms with van der Waals surface area (Å²) in [6.45, 7) is 4.57. The summed E-state index contributed by atoms with van der Waals surface area (Å²) in [5, 5.41) is 0. The number of piperidine rings is 1. The van der Waals surface area contributed by atoms with Crippen molar-refractivity contribution in [2.24, 2.45) is 4.99 Å². The Morgan fingerprint density at radius 3 is 2.50 bits per heavy atom. The van der Waals surface area contributed by atoms with Gasteiger partial charge in [0.1, 0.15) is 0 Å². The minimum absolute atomic E-state index is 0.0572. The van der Waals surface area contributed by atoms with Gasteiger partial charge in [0.05, 0.1) is 5.54 Å². The van der Waals surface area contributed by atoms with Crippen LogP contribution in [0.15, 0.2) is 47.6 Å². The highest BCUT2D eigenvalue weighted by Crippen LogP contribution is 2.31. The Bertz CT molecular complexity index is 441. The summed E-state index contributed by atoms with van der Waals surface area (Å²) >= 11 is 0. The third-order valence-corrected chi connectivity index (χ3v) is 4.28. The number of hydrogen-bond acceptors (Lipinski definition) is 2. The van der Waals surface area contributed by atoms with Gasteiger partial charge in [0.15, 0.2) is 0 Å². The molecule has 0 spiro atoms. The first-order valence-electron chi connectivity index (χ1n) is 6.80. The Morgan fingerprint density at radius 2 is 1.89 bits per heavy atom. The fraction of sp³-hybridized carbons (Fsp3) is 0.438. The first kappa shape index (κ1) is 11.7. The molecule has 18 heavy (non-hydrogen) atoms. The normalized spacial score (nSPS) is 28.9. The molecule has 1 aromatic carbocycles. The Morgan fingerprint density at radius 1 is 1.17 bits per heavy atom. The van der Waals surface area contributed by atoms with E-state index in [1.165, 1.54) is 18.4 Å². The third-order valence-electron chi connectivity index (χ3n) is 4.28. The lowest BCUT2D eigenvalue weighted by Crippen LogP contribution is -2.48. The van der Waals surface area contributed by atoms with Gasteiger partial charge in [-0.15, -0.1) is 0 Å². The van der Waals surface area contributed by atoms with Crippen LogP contribution in [0.25, 0.3) is 0 Å². The lowest BCUT2D eigenvalue weighted by atomic mass is 9.87. The molecule has 0 N–H and O–H groups in total. The fourth-order valence-corrected chi connectivity index (χ4v) is 3.04. The summed E-state index contributed by atoms with van der Waals surface area (Å²) in [5.74, 6) is 0.730. The van der Waals surface area contributed by atoms with Crippen LogP contribution in [0.2, 0.25) is 0 Å². The molecule has 1 aromatic rings. The van der Waals surface area contributed by atoms with Gasteiger partial charge in [-0.3, -0.25) is 9.89 Å². The molecule has 1 atom stereocenters. The maximum atomic E-state index is 4.24. The van der Waals surface area contributed by atoms with E-state index in [0.29, 0.717) is 0 Å². The van der Waals surface area contributed by atoms with Crippen LogP contribution in [-0.4, -0.2) is 29.7 Å². The van der Waals surface area contributed by atoms with E-state index < -0.39 is 0 Å². The lowest BCUT2D eigenvalue weighted by molar-refractivity contribution is 0.158. The van der Waals surface area contributed by atoms with Crippen molar-refractivity contribution < 1.29 is 0 Å². The molecule has 0 amide bonds. The minimum atomic E-state index is 0.0572. The highest BCUT2D eigenvalue weighted by atomic mass is 15.2. The second kappa shape index (κ2) is 4.69. The van der Waals surface area contributed by atoms with Crippen LogP contribution >= 0.6 is 0 Å². The van der Waals surface area contributed by atoms with E-state index in [4.69, 9.17) is 0 Å². The van der Waals surface area contributed by atoms with Gasteiger partial charge < -0.3 is 0 Å². The van der Waals surface area contributed by atoms with E-state index in [9.17, 15) is 0 Å². The summed E-state index contributed by atoms with van der Waals surface area (Å²) in [4.78, 5) is 6.78. The highest BCUT2D eigenvalue weighted by Gasteiger charge is 2.32. The number of benzene rings is 1. The minimum Gasteiger partial charge on any atom is -0.290 e. The van der Waals surface area contributed by atoms with Crippen LogP contribution in [0.3, 0.4) is 0 Å². The molecule has 94 valence electrons. The highest BCUT2D eigenvalue weighted by molar-refractivity contribution is 5.76.